The SMILES string of the molecule is CC(C)(C)N(C(=O)O)c1nccc(Cl)c1C=O. The van der Waals surface area contributed by atoms with Crippen molar-refractivity contribution < 1.29 is 14.7 Å². The number of carbonyl (C=O) groups excluding carboxylic acids is 1. The second-order valence-corrected chi connectivity index (χ2v) is 4.84. The summed E-state index contributed by atoms with van der Waals surface area (Å²) in [5.41, 5.74) is -0.646. The van der Waals surface area contributed by atoms with Gasteiger partial charge in [-0.3, -0.25) is 9.69 Å². The van der Waals surface area contributed by atoms with Crippen LogP contribution >= 0.6 is 11.6 Å². The van der Waals surface area contributed by atoms with E-state index in [4.69, 9.17) is 11.6 Å². The van der Waals surface area contributed by atoms with Gasteiger partial charge in [0.05, 0.1) is 10.6 Å². The van der Waals surface area contributed by atoms with Crippen LogP contribution in [-0.4, -0.2) is 28.0 Å². The highest BCUT2D eigenvalue weighted by Crippen LogP contribution is 2.28. The van der Waals surface area contributed by atoms with Crippen LogP contribution in [0.25, 0.3) is 0 Å². The lowest BCUT2D eigenvalue weighted by Crippen LogP contribution is -2.46. The number of pyridine rings is 1. The zero-order valence-corrected chi connectivity index (χ0v) is 10.5. The summed E-state index contributed by atoms with van der Waals surface area (Å²) in [5, 5.41) is 9.38. The van der Waals surface area contributed by atoms with Crippen LogP contribution in [0.2, 0.25) is 5.02 Å². The van der Waals surface area contributed by atoms with Crippen LogP contribution in [0.15, 0.2) is 12.3 Å². The number of nitrogens with zero attached hydrogens (tertiary/aromatic N) is 2. The molecule has 0 aromatic carbocycles. The number of carbonyl (C=O) groups is 2. The van der Waals surface area contributed by atoms with E-state index >= 15 is 0 Å². The molecule has 0 aliphatic carbocycles. The number of amides is 1. The minimum absolute atomic E-state index is 0.0486. The molecule has 1 aromatic rings. The molecule has 0 aliphatic heterocycles. The van der Waals surface area contributed by atoms with Crippen molar-refractivity contribution in [3.8, 4) is 0 Å². The quantitative estimate of drug-likeness (QED) is 0.826. The Hall–Kier alpha value is -1.62. The normalized spacial score (nSPS) is 11.1. The fourth-order valence-corrected chi connectivity index (χ4v) is 1.61. The van der Waals surface area contributed by atoms with E-state index in [9.17, 15) is 14.7 Å². The maximum atomic E-state index is 11.3. The van der Waals surface area contributed by atoms with Crippen molar-refractivity contribution >= 4 is 29.8 Å². The minimum atomic E-state index is -1.18. The third kappa shape index (κ3) is 2.74. The van der Waals surface area contributed by atoms with E-state index in [1.165, 1.54) is 12.3 Å². The van der Waals surface area contributed by atoms with Gasteiger partial charge in [-0.05, 0) is 26.8 Å². The molecule has 0 unspecified atom stereocenters. The van der Waals surface area contributed by atoms with Gasteiger partial charge in [0.2, 0.25) is 0 Å². The van der Waals surface area contributed by atoms with Crippen LogP contribution in [0.5, 0.6) is 0 Å². The summed E-state index contributed by atoms with van der Waals surface area (Å²) in [6.45, 7) is 5.12. The van der Waals surface area contributed by atoms with Gasteiger partial charge in [-0.15, -0.1) is 0 Å². The van der Waals surface area contributed by atoms with Crippen LogP contribution in [0.4, 0.5) is 10.6 Å². The maximum Gasteiger partial charge on any atom is 0.413 e. The van der Waals surface area contributed by atoms with Crippen molar-refractivity contribution in [3.63, 3.8) is 0 Å². The number of hydrogen-bond acceptors (Lipinski definition) is 3. The number of anilines is 1. The van der Waals surface area contributed by atoms with Crippen molar-refractivity contribution in [2.75, 3.05) is 4.90 Å². The molecule has 0 atom stereocenters. The van der Waals surface area contributed by atoms with Crippen molar-refractivity contribution in [1.29, 1.82) is 0 Å². The third-order valence-corrected chi connectivity index (χ3v) is 2.44. The van der Waals surface area contributed by atoms with E-state index in [0.29, 0.717) is 6.29 Å². The first kappa shape index (κ1) is 13.4. The van der Waals surface area contributed by atoms with Gasteiger partial charge >= 0.3 is 6.09 Å². The minimum Gasteiger partial charge on any atom is -0.465 e. The highest BCUT2D eigenvalue weighted by atomic mass is 35.5. The first-order valence-electron chi connectivity index (χ1n) is 4.92. The molecule has 0 radical (unpaired) electrons. The number of aldehydes is 1. The summed E-state index contributed by atoms with van der Waals surface area (Å²) in [6.07, 6.45) is 0.689. The Morgan fingerprint density at radius 2 is 2.12 bits per heavy atom. The van der Waals surface area contributed by atoms with Crippen molar-refractivity contribution in [2.45, 2.75) is 26.3 Å². The molecule has 1 aromatic heterocycles. The highest BCUT2D eigenvalue weighted by Gasteiger charge is 2.31. The Kier molecular flexibility index (Phi) is 3.72. The fourth-order valence-electron chi connectivity index (χ4n) is 1.42. The first-order chi connectivity index (χ1) is 7.79. The molecule has 17 heavy (non-hydrogen) atoms. The summed E-state index contributed by atoms with van der Waals surface area (Å²) in [6, 6.07) is 1.44. The molecule has 5 nitrogen and oxygen atoms in total. The van der Waals surface area contributed by atoms with Crippen LogP contribution in [0.3, 0.4) is 0 Å². The van der Waals surface area contributed by atoms with Crippen LogP contribution in [-0.2, 0) is 0 Å². The summed E-state index contributed by atoms with van der Waals surface area (Å²) in [7, 11) is 0. The topological polar surface area (TPSA) is 70.5 Å². The van der Waals surface area contributed by atoms with E-state index in [1.54, 1.807) is 20.8 Å². The molecule has 0 spiro atoms. The van der Waals surface area contributed by atoms with E-state index < -0.39 is 11.6 Å². The maximum absolute atomic E-state index is 11.3. The van der Waals surface area contributed by atoms with Gasteiger partial charge in [0.1, 0.15) is 5.82 Å². The predicted molar refractivity (Wildman–Crippen MR) is 64.9 cm³/mol. The Morgan fingerprint density at radius 1 is 1.53 bits per heavy atom. The second-order valence-electron chi connectivity index (χ2n) is 4.44. The smallest absolute Gasteiger partial charge is 0.413 e. The van der Waals surface area contributed by atoms with Gasteiger partial charge in [0.15, 0.2) is 6.29 Å². The Labute approximate surface area is 104 Å². The Morgan fingerprint density at radius 3 is 2.53 bits per heavy atom. The molecule has 0 fully saturated rings. The van der Waals surface area contributed by atoms with Crippen LogP contribution < -0.4 is 4.90 Å². The summed E-state index contributed by atoms with van der Waals surface area (Å²) in [4.78, 5) is 27.2. The molecule has 92 valence electrons. The molecule has 1 rings (SSSR count). The zero-order chi connectivity index (χ0) is 13.2. The number of hydrogen-bond donors (Lipinski definition) is 1. The average molecular weight is 257 g/mol. The average Bonchev–Trinajstić information content (AvgIpc) is 2.15. The fraction of sp³-hybridized carbons (Fsp3) is 0.364. The van der Waals surface area contributed by atoms with E-state index in [0.717, 1.165) is 4.90 Å². The summed E-state index contributed by atoms with van der Waals surface area (Å²) >= 11 is 5.84. The second kappa shape index (κ2) is 4.71. The van der Waals surface area contributed by atoms with Crippen molar-refractivity contribution in [3.05, 3.63) is 22.8 Å². The van der Waals surface area contributed by atoms with Crippen molar-refractivity contribution in [2.24, 2.45) is 0 Å². The number of aromatic nitrogens is 1. The van der Waals surface area contributed by atoms with Gasteiger partial charge in [-0.25, -0.2) is 9.78 Å². The van der Waals surface area contributed by atoms with Gasteiger partial charge < -0.3 is 5.11 Å². The molecule has 6 heteroatoms. The van der Waals surface area contributed by atoms with E-state index in [-0.39, 0.29) is 16.4 Å². The predicted octanol–water partition coefficient (Wildman–Crippen LogP) is 2.83. The monoisotopic (exact) mass is 256 g/mol. The first-order valence-corrected chi connectivity index (χ1v) is 5.29. The zero-order valence-electron chi connectivity index (χ0n) is 9.77. The summed E-state index contributed by atoms with van der Waals surface area (Å²) in [5.74, 6) is 0.0486. The molecular weight excluding hydrogens is 244 g/mol. The van der Waals surface area contributed by atoms with Gasteiger partial charge in [-0.2, -0.15) is 0 Å². The van der Waals surface area contributed by atoms with Gasteiger partial charge in [0.25, 0.3) is 0 Å². The molecule has 0 bridgehead atoms. The van der Waals surface area contributed by atoms with Crippen LogP contribution in [0.1, 0.15) is 31.1 Å². The Balaban J connectivity index is 3.44. The largest absolute Gasteiger partial charge is 0.465 e. The molecule has 0 aliphatic rings. The summed E-state index contributed by atoms with van der Waals surface area (Å²) < 4.78 is 0. The third-order valence-electron chi connectivity index (χ3n) is 2.11. The van der Waals surface area contributed by atoms with Gasteiger partial charge in [0, 0.05) is 11.7 Å². The molecule has 1 N–H and O–H groups in total. The highest BCUT2D eigenvalue weighted by molar-refractivity contribution is 6.33. The molecular formula is C11H13ClN2O3. The van der Waals surface area contributed by atoms with Crippen LogP contribution in [0, 0.1) is 0 Å². The van der Waals surface area contributed by atoms with E-state index in [1.807, 2.05) is 0 Å². The molecule has 1 heterocycles. The van der Waals surface area contributed by atoms with Gasteiger partial charge in [-0.1, -0.05) is 11.6 Å². The standard InChI is InChI=1S/C11H13ClN2O3/c1-11(2,3)14(10(16)17)9-7(6-15)8(12)4-5-13-9/h4-6H,1-3H3,(H,16,17). The number of rotatable bonds is 2. The number of halogens is 1. The lowest BCUT2D eigenvalue weighted by Gasteiger charge is -2.32. The van der Waals surface area contributed by atoms with E-state index in [2.05, 4.69) is 4.98 Å². The molecule has 1 amide bonds. The number of carboxylic acid groups (broad SMARTS) is 1. The Bertz CT molecular complexity index is 455. The lowest BCUT2D eigenvalue weighted by atomic mass is 10.1. The molecule has 0 saturated heterocycles. The lowest BCUT2D eigenvalue weighted by molar-refractivity contribution is 0.112. The molecule has 0 saturated carbocycles. The van der Waals surface area contributed by atoms with Crippen molar-refractivity contribution in [1.82, 2.24) is 4.98 Å².